The van der Waals surface area contributed by atoms with E-state index in [-0.39, 0.29) is 5.91 Å². The molecule has 3 rings (SSSR count). The Morgan fingerprint density at radius 2 is 2.00 bits per heavy atom. The summed E-state index contributed by atoms with van der Waals surface area (Å²) < 4.78 is 21.2. The van der Waals surface area contributed by atoms with E-state index in [9.17, 15) is 9.18 Å². The number of aromatic nitrogens is 2. The van der Waals surface area contributed by atoms with Gasteiger partial charge in [-0.2, -0.15) is 5.10 Å². The van der Waals surface area contributed by atoms with Gasteiger partial charge < -0.3 is 10.1 Å². The van der Waals surface area contributed by atoms with E-state index in [1.165, 1.54) is 12.1 Å². The average Bonchev–Trinajstić information content (AvgIpc) is 2.98. The fourth-order valence-corrected chi connectivity index (χ4v) is 2.73. The number of methoxy groups -OCH3 is 1. The monoisotopic (exact) mass is 365 g/mol. The Labute approximate surface area is 157 Å². The summed E-state index contributed by atoms with van der Waals surface area (Å²) in [7, 11) is 1.58. The summed E-state index contributed by atoms with van der Waals surface area (Å²) >= 11 is 0. The highest BCUT2D eigenvalue weighted by Gasteiger charge is 2.10. The van der Waals surface area contributed by atoms with Crippen LogP contribution in [0.5, 0.6) is 5.75 Å². The van der Waals surface area contributed by atoms with E-state index in [2.05, 4.69) is 10.4 Å². The smallest absolute Gasteiger partial charge is 0.248 e. The maximum atomic E-state index is 14.5. The number of halogens is 1. The molecule has 1 aromatic heterocycles. The molecule has 27 heavy (non-hydrogen) atoms. The van der Waals surface area contributed by atoms with Crippen molar-refractivity contribution in [3.63, 3.8) is 0 Å². The zero-order valence-corrected chi connectivity index (χ0v) is 15.4. The van der Waals surface area contributed by atoms with E-state index in [4.69, 9.17) is 4.74 Å². The molecule has 0 aliphatic carbocycles. The molecule has 0 spiro atoms. The minimum atomic E-state index is -0.462. The second-order valence-electron chi connectivity index (χ2n) is 6.10. The first kappa shape index (κ1) is 18.4. The third-order valence-corrected chi connectivity index (χ3v) is 3.97. The number of rotatable bonds is 5. The van der Waals surface area contributed by atoms with Gasteiger partial charge in [0.25, 0.3) is 0 Å². The molecule has 0 unspecified atom stereocenters. The molecule has 5 nitrogen and oxygen atoms in total. The first-order chi connectivity index (χ1) is 13.0. The number of ether oxygens (including phenoxy) is 1. The molecule has 1 amide bonds. The molecule has 0 aliphatic heterocycles. The number of carbonyl (C=O) groups is 1. The largest absolute Gasteiger partial charge is 0.497 e. The second kappa shape index (κ2) is 7.86. The normalized spacial score (nSPS) is 11.0. The van der Waals surface area contributed by atoms with Crippen LogP contribution in [0, 0.1) is 19.7 Å². The Morgan fingerprint density at radius 1 is 1.19 bits per heavy atom. The van der Waals surface area contributed by atoms with Gasteiger partial charge in [-0.3, -0.25) is 4.79 Å². The molecule has 0 saturated heterocycles. The highest BCUT2D eigenvalue weighted by Crippen LogP contribution is 2.20. The molecule has 0 radical (unpaired) electrons. The number of carbonyl (C=O) groups excluding carboxylic acids is 1. The van der Waals surface area contributed by atoms with Crippen molar-refractivity contribution in [2.45, 2.75) is 13.8 Å². The molecule has 0 atom stereocenters. The van der Waals surface area contributed by atoms with Gasteiger partial charge in [-0.25, -0.2) is 9.07 Å². The van der Waals surface area contributed by atoms with E-state index in [1.54, 1.807) is 30.0 Å². The van der Waals surface area contributed by atoms with Gasteiger partial charge in [0.05, 0.1) is 12.8 Å². The molecule has 0 aliphatic rings. The number of nitrogens with one attached hydrogen (secondary N) is 1. The first-order valence-corrected chi connectivity index (χ1v) is 8.42. The lowest BCUT2D eigenvalue weighted by Gasteiger charge is -2.08. The summed E-state index contributed by atoms with van der Waals surface area (Å²) in [4.78, 5) is 12.1. The molecular formula is C21H20FN3O2. The van der Waals surface area contributed by atoms with Gasteiger partial charge in [-0.15, -0.1) is 0 Å². The van der Waals surface area contributed by atoms with Crippen LogP contribution in [0.15, 0.2) is 54.6 Å². The van der Waals surface area contributed by atoms with Gasteiger partial charge in [0.1, 0.15) is 11.4 Å². The summed E-state index contributed by atoms with van der Waals surface area (Å²) in [5.74, 6) is -0.105. The average molecular weight is 365 g/mol. The quantitative estimate of drug-likeness (QED) is 0.686. The lowest BCUT2D eigenvalue weighted by molar-refractivity contribution is -0.111. The molecule has 138 valence electrons. The first-order valence-electron chi connectivity index (χ1n) is 8.42. The third kappa shape index (κ3) is 4.41. The van der Waals surface area contributed by atoms with Crippen LogP contribution in [0.2, 0.25) is 0 Å². The molecular weight excluding hydrogens is 345 g/mol. The van der Waals surface area contributed by atoms with Crippen LogP contribution in [0.25, 0.3) is 11.8 Å². The summed E-state index contributed by atoms with van der Waals surface area (Å²) in [5, 5.41) is 6.93. The van der Waals surface area contributed by atoms with Crippen LogP contribution in [-0.4, -0.2) is 22.8 Å². The van der Waals surface area contributed by atoms with E-state index in [1.807, 2.05) is 44.2 Å². The number of nitrogens with zero attached hydrogens (tertiary/aromatic N) is 2. The fraction of sp³-hybridized carbons (Fsp3) is 0.143. The minimum absolute atomic E-state index is 0.338. The molecule has 3 aromatic rings. The molecule has 6 heteroatoms. The zero-order chi connectivity index (χ0) is 19.4. The van der Waals surface area contributed by atoms with Crippen molar-refractivity contribution in [2.75, 3.05) is 12.4 Å². The van der Waals surface area contributed by atoms with Crippen LogP contribution < -0.4 is 10.1 Å². The van der Waals surface area contributed by atoms with Gasteiger partial charge in [0, 0.05) is 17.5 Å². The second-order valence-corrected chi connectivity index (χ2v) is 6.10. The van der Waals surface area contributed by atoms with Gasteiger partial charge in [-0.05, 0) is 61.9 Å². The topological polar surface area (TPSA) is 56.1 Å². The maximum absolute atomic E-state index is 14.5. The Kier molecular flexibility index (Phi) is 5.35. The minimum Gasteiger partial charge on any atom is -0.497 e. The van der Waals surface area contributed by atoms with E-state index < -0.39 is 5.82 Å². The van der Waals surface area contributed by atoms with E-state index >= 15 is 0 Å². The van der Waals surface area contributed by atoms with Crippen molar-refractivity contribution in [1.29, 1.82) is 0 Å². The van der Waals surface area contributed by atoms with E-state index in [0.717, 1.165) is 17.0 Å². The van der Waals surface area contributed by atoms with Crippen LogP contribution in [0.4, 0.5) is 10.1 Å². The lowest BCUT2D eigenvalue weighted by atomic mass is 10.2. The fourth-order valence-electron chi connectivity index (χ4n) is 2.73. The van der Waals surface area contributed by atoms with Crippen molar-refractivity contribution in [3.05, 3.63) is 77.4 Å². The lowest BCUT2D eigenvalue weighted by Crippen LogP contribution is -2.09. The van der Waals surface area contributed by atoms with Crippen molar-refractivity contribution in [2.24, 2.45) is 0 Å². The molecule has 1 heterocycles. The predicted molar refractivity (Wildman–Crippen MR) is 104 cm³/mol. The molecule has 0 saturated carbocycles. The number of aryl methyl sites for hydroxylation is 2. The third-order valence-electron chi connectivity index (χ3n) is 3.97. The van der Waals surface area contributed by atoms with Crippen molar-refractivity contribution in [1.82, 2.24) is 9.78 Å². The van der Waals surface area contributed by atoms with Crippen LogP contribution in [-0.2, 0) is 4.79 Å². The number of hydrogen-bond acceptors (Lipinski definition) is 3. The number of benzene rings is 2. The summed E-state index contributed by atoms with van der Waals surface area (Å²) in [6.45, 7) is 3.71. The maximum Gasteiger partial charge on any atom is 0.248 e. The SMILES string of the molecule is COc1cccc(C=CC(=O)Nc2ccc(-n3nc(C)cc3C)c(F)c2)c1. The van der Waals surface area contributed by atoms with Crippen LogP contribution in [0.1, 0.15) is 17.0 Å². The summed E-state index contributed by atoms with van der Waals surface area (Å²) in [6.07, 6.45) is 3.06. The summed E-state index contributed by atoms with van der Waals surface area (Å²) in [5.41, 5.74) is 3.19. The molecule has 0 bridgehead atoms. The number of amides is 1. The van der Waals surface area contributed by atoms with E-state index in [0.29, 0.717) is 17.1 Å². The zero-order valence-electron chi connectivity index (χ0n) is 15.4. The van der Waals surface area contributed by atoms with Crippen LogP contribution >= 0.6 is 0 Å². The Hall–Kier alpha value is -3.41. The highest BCUT2D eigenvalue weighted by atomic mass is 19.1. The highest BCUT2D eigenvalue weighted by molar-refractivity contribution is 6.02. The molecule has 2 aromatic carbocycles. The predicted octanol–water partition coefficient (Wildman–Crippen LogP) is 4.29. The Bertz CT molecular complexity index is 1010. The van der Waals surface area contributed by atoms with Crippen LogP contribution in [0.3, 0.4) is 0 Å². The van der Waals surface area contributed by atoms with Gasteiger partial charge in [0.15, 0.2) is 5.82 Å². The Balaban J connectivity index is 1.72. The molecule has 1 N–H and O–H groups in total. The Morgan fingerprint density at radius 3 is 2.67 bits per heavy atom. The number of anilines is 1. The molecule has 0 fully saturated rings. The van der Waals surface area contributed by atoms with Crippen molar-refractivity contribution >= 4 is 17.7 Å². The summed E-state index contributed by atoms with van der Waals surface area (Å²) in [6, 6.07) is 13.7. The van der Waals surface area contributed by atoms with Gasteiger partial charge >= 0.3 is 0 Å². The standard InChI is InChI=1S/C21H20FN3O2/c1-14-11-15(2)25(24-14)20-9-8-17(13-19(20)22)23-21(26)10-7-16-5-4-6-18(12-16)27-3/h4-13H,1-3H3,(H,23,26). The van der Waals surface area contributed by atoms with Gasteiger partial charge in [0.2, 0.25) is 5.91 Å². The van der Waals surface area contributed by atoms with Crippen molar-refractivity contribution < 1.29 is 13.9 Å². The van der Waals surface area contributed by atoms with Crippen molar-refractivity contribution in [3.8, 4) is 11.4 Å². The van der Waals surface area contributed by atoms with Gasteiger partial charge in [-0.1, -0.05) is 12.1 Å². The number of hydrogen-bond donors (Lipinski definition) is 1.